The Hall–Kier alpha value is -1.58. The SMILES string of the molecule is CC.Cc1ccnc2c1NCNC2=O. The summed E-state index contributed by atoms with van der Waals surface area (Å²) < 4.78 is 0. The average molecular weight is 193 g/mol. The lowest BCUT2D eigenvalue weighted by Gasteiger charge is -2.18. The van der Waals surface area contributed by atoms with E-state index in [0.717, 1.165) is 11.3 Å². The molecule has 0 atom stereocenters. The third-order valence-electron chi connectivity index (χ3n) is 1.89. The van der Waals surface area contributed by atoms with E-state index in [1.165, 1.54) is 0 Å². The number of hydrogen-bond donors (Lipinski definition) is 2. The molecule has 4 heteroatoms. The van der Waals surface area contributed by atoms with Crippen molar-refractivity contribution < 1.29 is 4.79 Å². The molecule has 2 rings (SSSR count). The zero-order valence-corrected chi connectivity index (χ0v) is 8.72. The summed E-state index contributed by atoms with van der Waals surface area (Å²) in [6.07, 6.45) is 1.64. The molecule has 0 aromatic carbocycles. The zero-order valence-electron chi connectivity index (χ0n) is 8.72. The second kappa shape index (κ2) is 4.60. The number of rotatable bonds is 0. The van der Waals surface area contributed by atoms with Crippen molar-refractivity contribution in [3.8, 4) is 0 Å². The highest BCUT2D eigenvalue weighted by molar-refractivity contribution is 5.99. The lowest BCUT2D eigenvalue weighted by molar-refractivity contribution is 0.0947. The molecule has 2 heterocycles. The van der Waals surface area contributed by atoms with Gasteiger partial charge in [0.2, 0.25) is 0 Å². The number of aromatic nitrogens is 1. The molecule has 0 spiro atoms. The number of pyridine rings is 1. The van der Waals surface area contributed by atoms with Crippen LogP contribution in [0, 0.1) is 6.92 Å². The normalized spacial score (nSPS) is 12.9. The fraction of sp³-hybridized carbons (Fsp3) is 0.400. The van der Waals surface area contributed by atoms with Crippen LogP contribution in [0.3, 0.4) is 0 Å². The molecule has 0 saturated heterocycles. The van der Waals surface area contributed by atoms with E-state index in [0.29, 0.717) is 12.4 Å². The van der Waals surface area contributed by atoms with Crippen LogP contribution >= 0.6 is 0 Å². The Morgan fingerprint density at radius 1 is 1.36 bits per heavy atom. The molecule has 0 unspecified atom stereocenters. The maximum absolute atomic E-state index is 11.2. The molecule has 2 N–H and O–H groups in total. The van der Waals surface area contributed by atoms with E-state index in [-0.39, 0.29) is 5.91 Å². The third-order valence-corrected chi connectivity index (χ3v) is 1.89. The lowest BCUT2D eigenvalue weighted by Crippen LogP contribution is -2.35. The summed E-state index contributed by atoms with van der Waals surface area (Å²) in [7, 11) is 0. The largest absolute Gasteiger partial charge is 0.366 e. The molecular weight excluding hydrogens is 178 g/mol. The van der Waals surface area contributed by atoms with Gasteiger partial charge in [0, 0.05) is 6.20 Å². The van der Waals surface area contributed by atoms with E-state index in [1.54, 1.807) is 6.20 Å². The number of carbonyl (C=O) groups excluding carboxylic acids is 1. The maximum Gasteiger partial charge on any atom is 0.273 e. The summed E-state index contributed by atoms with van der Waals surface area (Å²) in [5, 5.41) is 5.72. The molecule has 1 aromatic rings. The molecule has 1 aromatic heterocycles. The summed E-state index contributed by atoms with van der Waals surface area (Å²) in [6.45, 7) is 6.44. The van der Waals surface area contributed by atoms with Crippen molar-refractivity contribution in [1.29, 1.82) is 0 Å². The number of amides is 1. The van der Waals surface area contributed by atoms with Crippen molar-refractivity contribution in [3.05, 3.63) is 23.5 Å². The number of aryl methyl sites for hydroxylation is 1. The van der Waals surface area contributed by atoms with E-state index in [2.05, 4.69) is 15.6 Å². The first-order valence-electron chi connectivity index (χ1n) is 4.77. The molecule has 0 fully saturated rings. The number of hydrogen-bond acceptors (Lipinski definition) is 3. The summed E-state index contributed by atoms with van der Waals surface area (Å²) in [4.78, 5) is 15.2. The van der Waals surface area contributed by atoms with Crippen LogP contribution in [0.4, 0.5) is 5.69 Å². The number of carbonyl (C=O) groups is 1. The van der Waals surface area contributed by atoms with Crippen molar-refractivity contribution >= 4 is 11.6 Å². The van der Waals surface area contributed by atoms with Crippen LogP contribution < -0.4 is 10.6 Å². The van der Waals surface area contributed by atoms with E-state index < -0.39 is 0 Å². The van der Waals surface area contributed by atoms with Crippen LogP contribution in [0.15, 0.2) is 12.3 Å². The van der Waals surface area contributed by atoms with Crippen molar-refractivity contribution in [3.63, 3.8) is 0 Å². The van der Waals surface area contributed by atoms with Gasteiger partial charge in [-0.1, -0.05) is 13.8 Å². The zero-order chi connectivity index (χ0) is 10.6. The topological polar surface area (TPSA) is 54.0 Å². The smallest absolute Gasteiger partial charge is 0.273 e. The predicted molar refractivity (Wildman–Crippen MR) is 56.3 cm³/mol. The number of fused-ring (bicyclic) bond motifs is 1. The highest BCUT2D eigenvalue weighted by atomic mass is 16.2. The molecule has 1 amide bonds. The Morgan fingerprint density at radius 2 is 2.07 bits per heavy atom. The molecule has 4 nitrogen and oxygen atoms in total. The quantitative estimate of drug-likeness (QED) is 0.657. The molecule has 0 saturated carbocycles. The second-order valence-electron chi connectivity index (χ2n) is 2.71. The van der Waals surface area contributed by atoms with Crippen LogP contribution in [0.2, 0.25) is 0 Å². The Bertz CT molecular complexity index is 336. The molecule has 76 valence electrons. The van der Waals surface area contributed by atoms with Crippen LogP contribution in [-0.4, -0.2) is 17.6 Å². The first-order valence-corrected chi connectivity index (χ1v) is 4.77. The van der Waals surface area contributed by atoms with Crippen LogP contribution in [0.5, 0.6) is 0 Å². The number of nitrogens with zero attached hydrogens (tertiary/aromatic N) is 1. The van der Waals surface area contributed by atoms with E-state index in [9.17, 15) is 4.79 Å². The van der Waals surface area contributed by atoms with Crippen molar-refractivity contribution in [2.24, 2.45) is 0 Å². The van der Waals surface area contributed by atoms with E-state index in [4.69, 9.17) is 0 Å². The van der Waals surface area contributed by atoms with Gasteiger partial charge in [0.25, 0.3) is 5.91 Å². The van der Waals surface area contributed by atoms with Gasteiger partial charge in [-0.05, 0) is 18.6 Å². The van der Waals surface area contributed by atoms with Crippen molar-refractivity contribution in [2.45, 2.75) is 20.8 Å². The highest BCUT2D eigenvalue weighted by Crippen LogP contribution is 2.19. The molecular formula is C10H15N3O. The third kappa shape index (κ3) is 1.84. The molecule has 1 aliphatic heterocycles. The first-order chi connectivity index (χ1) is 6.79. The van der Waals surface area contributed by atoms with Gasteiger partial charge in [0.05, 0.1) is 12.4 Å². The predicted octanol–water partition coefficient (Wildman–Crippen LogP) is 1.53. The van der Waals surface area contributed by atoms with Gasteiger partial charge in [-0.25, -0.2) is 4.98 Å². The van der Waals surface area contributed by atoms with Crippen LogP contribution in [-0.2, 0) is 0 Å². The van der Waals surface area contributed by atoms with Crippen LogP contribution in [0.1, 0.15) is 29.9 Å². The summed E-state index contributed by atoms with van der Waals surface area (Å²) in [6, 6.07) is 1.88. The van der Waals surface area contributed by atoms with Gasteiger partial charge in [-0.15, -0.1) is 0 Å². The highest BCUT2D eigenvalue weighted by Gasteiger charge is 2.18. The van der Waals surface area contributed by atoms with Crippen LogP contribution in [0.25, 0.3) is 0 Å². The summed E-state index contributed by atoms with van der Waals surface area (Å²) in [5.74, 6) is -0.104. The van der Waals surface area contributed by atoms with E-state index in [1.807, 2.05) is 26.8 Å². The maximum atomic E-state index is 11.2. The molecule has 1 aliphatic rings. The van der Waals surface area contributed by atoms with E-state index >= 15 is 0 Å². The Balaban J connectivity index is 0.000000461. The fourth-order valence-electron chi connectivity index (χ4n) is 1.25. The first kappa shape index (κ1) is 10.5. The minimum absolute atomic E-state index is 0.104. The monoisotopic (exact) mass is 193 g/mol. The van der Waals surface area contributed by atoms with Gasteiger partial charge in [-0.2, -0.15) is 0 Å². The van der Waals surface area contributed by atoms with Crippen molar-refractivity contribution in [1.82, 2.24) is 10.3 Å². The minimum Gasteiger partial charge on any atom is -0.366 e. The summed E-state index contributed by atoms with van der Waals surface area (Å²) in [5.41, 5.74) is 2.39. The van der Waals surface area contributed by atoms with Crippen molar-refractivity contribution in [2.75, 3.05) is 12.0 Å². The molecule has 0 aliphatic carbocycles. The standard InChI is InChI=1S/C8H9N3O.C2H6/c1-5-2-3-9-7-6(5)10-4-11-8(7)12;1-2/h2-3,10H,4H2,1H3,(H,11,12);1-2H3. The Morgan fingerprint density at radius 3 is 2.71 bits per heavy atom. The molecule has 0 radical (unpaired) electrons. The van der Waals surface area contributed by atoms with Gasteiger partial charge < -0.3 is 10.6 Å². The molecule has 14 heavy (non-hydrogen) atoms. The van der Waals surface area contributed by atoms with Gasteiger partial charge >= 0.3 is 0 Å². The number of anilines is 1. The number of nitrogens with one attached hydrogen (secondary N) is 2. The lowest BCUT2D eigenvalue weighted by atomic mass is 10.1. The summed E-state index contributed by atoms with van der Waals surface area (Å²) >= 11 is 0. The minimum atomic E-state index is -0.104. The Labute approximate surface area is 83.7 Å². The average Bonchev–Trinajstić information content (AvgIpc) is 2.23. The van der Waals surface area contributed by atoms with Gasteiger partial charge in [-0.3, -0.25) is 4.79 Å². The molecule has 0 bridgehead atoms. The van der Waals surface area contributed by atoms with Gasteiger partial charge in [0.15, 0.2) is 5.69 Å². The van der Waals surface area contributed by atoms with Gasteiger partial charge in [0.1, 0.15) is 0 Å². The fourth-order valence-corrected chi connectivity index (χ4v) is 1.25. The second-order valence-corrected chi connectivity index (χ2v) is 2.71. The Kier molecular flexibility index (Phi) is 3.45.